The van der Waals surface area contributed by atoms with Crippen LogP contribution in [0.3, 0.4) is 0 Å². The highest BCUT2D eigenvalue weighted by molar-refractivity contribution is 7.08. The normalized spacial score (nSPS) is 17.5. The van der Waals surface area contributed by atoms with Gasteiger partial charge in [-0.1, -0.05) is 0 Å². The Balaban J connectivity index is 1.58. The van der Waals surface area contributed by atoms with Crippen LogP contribution in [0.15, 0.2) is 29.1 Å². The van der Waals surface area contributed by atoms with Gasteiger partial charge in [-0.05, 0) is 17.9 Å². The first-order valence-electron chi connectivity index (χ1n) is 7.02. The maximum Gasteiger partial charge on any atom is 0.321 e. The van der Waals surface area contributed by atoms with Crippen LogP contribution in [0.4, 0.5) is 16.3 Å². The van der Waals surface area contributed by atoms with Crippen molar-refractivity contribution in [3.63, 3.8) is 0 Å². The highest BCUT2D eigenvalue weighted by atomic mass is 32.1. The monoisotopic (exact) mass is 319 g/mol. The van der Waals surface area contributed by atoms with Gasteiger partial charge in [0.2, 0.25) is 5.91 Å². The molecule has 7 nitrogen and oxygen atoms in total. The van der Waals surface area contributed by atoms with Gasteiger partial charge >= 0.3 is 6.03 Å². The van der Waals surface area contributed by atoms with Gasteiger partial charge in [0.25, 0.3) is 0 Å². The quantitative estimate of drug-likeness (QED) is 0.911. The fourth-order valence-corrected chi connectivity index (χ4v) is 3.06. The van der Waals surface area contributed by atoms with Gasteiger partial charge in [0.1, 0.15) is 0 Å². The van der Waals surface area contributed by atoms with E-state index in [4.69, 9.17) is 0 Å². The predicted molar refractivity (Wildman–Crippen MR) is 85.1 cm³/mol. The van der Waals surface area contributed by atoms with Gasteiger partial charge in [0.05, 0.1) is 11.7 Å². The molecule has 3 amide bonds. The lowest BCUT2D eigenvalue weighted by molar-refractivity contribution is -0.114. The van der Waals surface area contributed by atoms with E-state index in [2.05, 4.69) is 15.7 Å². The minimum atomic E-state index is -0.145. The Morgan fingerprint density at radius 3 is 2.95 bits per heavy atom. The van der Waals surface area contributed by atoms with Crippen LogP contribution < -0.4 is 10.6 Å². The molecule has 0 aromatic carbocycles. The van der Waals surface area contributed by atoms with Crippen molar-refractivity contribution in [3.8, 4) is 0 Å². The third-order valence-corrected chi connectivity index (χ3v) is 4.19. The number of likely N-dealkylation sites (tertiary alicyclic amines) is 1. The number of amides is 3. The summed E-state index contributed by atoms with van der Waals surface area (Å²) < 4.78 is 1.81. The van der Waals surface area contributed by atoms with E-state index in [1.54, 1.807) is 22.3 Å². The van der Waals surface area contributed by atoms with Crippen LogP contribution in [-0.4, -0.2) is 39.7 Å². The summed E-state index contributed by atoms with van der Waals surface area (Å²) in [4.78, 5) is 25.0. The molecular weight excluding hydrogens is 302 g/mol. The molecule has 0 bridgehead atoms. The van der Waals surface area contributed by atoms with Crippen LogP contribution in [0.5, 0.6) is 0 Å². The largest absolute Gasteiger partial charge is 0.322 e. The second-order valence-electron chi connectivity index (χ2n) is 5.19. The van der Waals surface area contributed by atoms with E-state index >= 15 is 0 Å². The molecule has 1 unspecified atom stereocenters. The molecule has 0 radical (unpaired) electrons. The third-order valence-electron chi connectivity index (χ3n) is 3.51. The van der Waals surface area contributed by atoms with Crippen molar-refractivity contribution in [3.05, 3.63) is 29.1 Å². The van der Waals surface area contributed by atoms with Crippen LogP contribution in [0.25, 0.3) is 0 Å². The van der Waals surface area contributed by atoms with Crippen molar-refractivity contribution in [2.24, 2.45) is 0 Å². The predicted octanol–water partition coefficient (Wildman–Crippen LogP) is 2.38. The average molecular weight is 319 g/mol. The van der Waals surface area contributed by atoms with Crippen molar-refractivity contribution in [1.29, 1.82) is 0 Å². The zero-order valence-corrected chi connectivity index (χ0v) is 13.0. The maximum atomic E-state index is 12.2. The Hall–Kier alpha value is -2.35. The van der Waals surface area contributed by atoms with Crippen molar-refractivity contribution >= 4 is 34.8 Å². The minimum absolute atomic E-state index is 0.0878. The van der Waals surface area contributed by atoms with E-state index in [9.17, 15) is 9.59 Å². The minimum Gasteiger partial charge on any atom is -0.322 e. The van der Waals surface area contributed by atoms with Gasteiger partial charge in [-0.3, -0.25) is 9.48 Å². The number of carbonyl (C=O) groups is 2. The number of carbonyl (C=O) groups excluding carboxylic acids is 2. The van der Waals surface area contributed by atoms with Crippen molar-refractivity contribution in [2.75, 3.05) is 23.7 Å². The average Bonchev–Trinajstić information content (AvgIpc) is 3.18. The first-order valence-corrected chi connectivity index (χ1v) is 7.97. The number of nitrogens with one attached hydrogen (secondary N) is 2. The number of anilines is 2. The van der Waals surface area contributed by atoms with Crippen LogP contribution >= 0.6 is 11.3 Å². The standard InChI is InChI=1S/C14H17N5O2S/c1-10(20)15-13-3-6-19(17-13)12-2-5-18(8-12)14(21)16-11-4-7-22-9-11/h3-4,6-7,9,12H,2,5,8H2,1H3,(H,16,21)(H,15,17,20). The second-order valence-corrected chi connectivity index (χ2v) is 5.97. The van der Waals surface area contributed by atoms with Crippen molar-refractivity contribution in [1.82, 2.24) is 14.7 Å². The molecule has 2 aromatic rings. The lowest BCUT2D eigenvalue weighted by atomic mass is 10.3. The summed E-state index contributed by atoms with van der Waals surface area (Å²) in [5, 5.41) is 13.7. The van der Waals surface area contributed by atoms with Crippen LogP contribution in [0, 0.1) is 0 Å². The molecule has 1 aliphatic heterocycles. The number of thiophene rings is 1. The van der Waals surface area contributed by atoms with E-state index in [1.807, 2.05) is 27.7 Å². The lowest BCUT2D eigenvalue weighted by Crippen LogP contribution is -2.33. The molecule has 1 saturated heterocycles. The van der Waals surface area contributed by atoms with Gasteiger partial charge in [0, 0.05) is 37.7 Å². The van der Waals surface area contributed by atoms with Crippen molar-refractivity contribution < 1.29 is 9.59 Å². The number of urea groups is 1. The number of nitrogens with zero attached hydrogens (tertiary/aromatic N) is 3. The Morgan fingerprint density at radius 1 is 1.36 bits per heavy atom. The topological polar surface area (TPSA) is 79.3 Å². The van der Waals surface area contributed by atoms with Crippen LogP contribution in [0.2, 0.25) is 0 Å². The SMILES string of the molecule is CC(=O)Nc1ccn(C2CCN(C(=O)Nc3ccsc3)C2)n1. The zero-order valence-electron chi connectivity index (χ0n) is 12.2. The molecule has 116 valence electrons. The molecule has 1 atom stereocenters. The number of hydrogen-bond acceptors (Lipinski definition) is 4. The Kier molecular flexibility index (Phi) is 4.10. The molecular formula is C14H17N5O2S. The first kappa shape index (κ1) is 14.6. The first-order chi connectivity index (χ1) is 10.6. The molecule has 3 heterocycles. The number of aromatic nitrogens is 2. The summed E-state index contributed by atoms with van der Waals surface area (Å²) in [5.41, 5.74) is 0.825. The summed E-state index contributed by atoms with van der Waals surface area (Å²) in [6, 6.07) is 3.68. The smallest absolute Gasteiger partial charge is 0.321 e. The van der Waals surface area contributed by atoms with Gasteiger partial charge < -0.3 is 15.5 Å². The van der Waals surface area contributed by atoms with Gasteiger partial charge in [-0.2, -0.15) is 16.4 Å². The molecule has 0 saturated carbocycles. The lowest BCUT2D eigenvalue weighted by Gasteiger charge is -2.17. The summed E-state index contributed by atoms with van der Waals surface area (Å²) in [6.07, 6.45) is 2.68. The van der Waals surface area contributed by atoms with E-state index in [-0.39, 0.29) is 18.0 Å². The van der Waals surface area contributed by atoms with E-state index in [0.29, 0.717) is 18.9 Å². The highest BCUT2D eigenvalue weighted by Gasteiger charge is 2.28. The summed E-state index contributed by atoms with van der Waals surface area (Å²) in [6.45, 7) is 2.75. The molecule has 1 fully saturated rings. The van der Waals surface area contributed by atoms with Gasteiger partial charge in [-0.25, -0.2) is 4.79 Å². The summed E-state index contributed by atoms with van der Waals surface area (Å²) in [7, 11) is 0. The third kappa shape index (κ3) is 3.28. The van der Waals surface area contributed by atoms with Gasteiger partial charge in [-0.15, -0.1) is 0 Å². The van der Waals surface area contributed by atoms with E-state index in [0.717, 1.165) is 12.1 Å². The van der Waals surface area contributed by atoms with Crippen molar-refractivity contribution in [2.45, 2.75) is 19.4 Å². The van der Waals surface area contributed by atoms with Gasteiger partial charge in [0.15, 0.2) is 5.82 Å². The Labute approximate surface area is 131 Å². The van der Waals surface area contributed by atoms with Crippen LogP contribution in [0.1, 0.15) is 19.4 Å². The molecule has 2 aromatic heterocycles. The van der Waals surface area contributed by atoms with Crippen LogP contribution in [-0.2, 0) is 4.79 Å². The summed E-state index contributed by atoms with van der Waals surface area (Å²) >= 11 is 1.55. The molecule has 1 aliphatic rings. The fourth-order valence-electron chi connectivity index (χ4n) is 2.47. The number of rotatable bonds is 3. The molecule has 0 aliphatic carbocycles. The molecule has 8 heteroatoms. The molecule has 0 spiro atoms. The molecule has 3 rings (SSSR count). The Morgan fingerprint density at radius 2 is 2.23 bits per heavy atom. The highest BCUT2D eigenvalue weighted by Crippen LogP contribution is 2.23. The molecule has 2 N–H and O–H groups in total. The second kappa shape index (κ2) is 6.18. The van der Waals surface area contributed by atoms with E-state index in [1.165, 1.54) is 6.92 Å². The zero-order chi connectivity index (χ0) is 15.5. The fraction of sp³-hybridized carbons (Fsp3) is 0.357. The number of hydrogen-bond donors (Lipinski definition) is 2. The van der Waals surface area contributed by atoms with E-state index < -0.39 is 0 Å². The molecule has 22 heavy (non-hydrogen) atoms. The maximum absolute atomic E-state index is 12.2. The Bertz CT molecular complexity index is 667. The summed E-state index contributed by atoms with van der Waals surface area (Å²) in [5.74, 6) is 0.391.